The van der Waals surface area contributed by atoms with Crippen molar-refractivity contribution in [3.05, 3.63) is 59.8 Å². The third kappa shape index (κ3) is 6.85. The molecule has 0 unspecified atom stereocenters. The molecule has 5 rings (SSSR count). The molecule has 0 spiro atoms. The fourth-order valence-corrected chi connectivity index (χ4v) is 6.93. The molecule has 4 aromatic rings. The predicted octanol–water partition coefficient (Wildman–Crippen LogP) is 6.00. The lowest BCUT2D eigenvalue weighted by Crippen LogP contribution is -2.43. The number of aromatic nitrogens is 3. The molecule has 3 heterocycles. The number of piperidine rings is 1. The van der Waals surface area contributed by atoms with Gasteiger partial charge in [-0.25, -0.2) is 18.2 Å². The average Bonchev–Trinajstić information content (AvgIpc) is 3.47. The highest BCUT2D eigenvalue weighted by Crippen LogP contribution is 2.38. The lowest BCUT2D eigenvalue weighted by atomic mass is 9.86. The Morgan fingerprint density at radius 3 is 2.44 bits per heavy atom. The Hall–Kier alpha value is -4.32. The zero-order valence-electron chi connectivity index (χ0n) is 27.1. The molecule has 0 bridgehead atoms. The van der Waals surface area contributed by atoms with Crippen LogP contribution in [-0.4, -0.2) is 72.8 Å². The van der Waals surface area contributed by atoms with E-state index in [9.17, 15) is 13.2 Å². The van der Waals surface area contributed by atoms with E-state index in [2.05, 4.69) is 39.7 Å². The summed E-state index contributed by atoms with van der Waals surface area (Å²) < 4.78 is 32.5. The molecule has 0 aliphatic carbocycles. The first-order valence-electron chi connectivity index (χ1n) is 15.4. The van der Waals surface area contributed by atoms with Gasteiger partial charge in [-0.2, -0.15) is 0 Å². The number of rotatable bonds is 9. The van der Waals surface area contributed by atoms with E-state index in [0.29, 0.717) is 42.2 Å². The molecule has 1 aliphatic rings. The van der Waals surface area contributed by atoms with Crippen molar-refractivity contribution in [3.8, 4) is 5.75 Å². The van der Waals surface area contributed by atoms with E-state index in [-0.39, 0.29) is 17.0 Å². The smallest absolute Gasteiger partial charge is 0.351 e. The highest BCUT2D eigenvalue weighted by atomic mass is 32.2. The van der Waals surface area contributed by atoms with Crippen LogP contribution in [0.2, 0.25) is 0 Å². The number of benzene rings is 2. The molecule has 0 atom stereocenters. The number of carbonyl (C=O) groups excluding carboxylic acids is 1. The summed E-state index contributed by atoms with van der Waals surface area (Å²) in [5.41, 5.74) is 4.28. The quantitative estimate of drug-likeness (QED) is 0.206. The van der Waals surface area contributed by atoms with E-state index in [1.807, 2.05) is 24.8 Å². The maximum Gasteiger partial charge on any atom is 0.351 e. The number of fused-ring (bicyclic) bond motifs is 1. The number of ether oxygens (including phenoxy) is 1. The molecule has 240 valence electrons. The molecular weight excluding hydrogens is 590 g/mol. The maximum absolute atomic E-state index is 13.1. The van der Waals surface area contributed by atoms with E-state index in [1.54, 1.807) is 63.3 Å². The van der Waals surface area contributed by atoms with Crippen molar-refractivity contribution in [1.82, 2.24) is 19.8 Å². The number of H-pyrrole nitrogens is 2. The van der Waals surface area contributed by atoms with Crippen molar-refractivity contribution < 1.29 is 22.9 Å². The van der Waals surface area contributed by atoms with Gasteiger partial charge in [-0.05, 0) is 94.8 Å². The molecule has 1 fully saturated rings. The molecular formula is C33H44N7O4S+. The largest absolute Gasteiger partial charge is 0.488 e. The van der Waals surface area contributed by atoms with Crippen molar-refractivity contribution in [3.63, 3.8) is 0 Å². The molecule has 1 saturated heterocycles. The minimum atomic E-state index is -3.53. The Labute approximate surface area is 265 Å². The Kier molecular flexibility index (Phi) is 9.24. The molecule has 1 aliphatic heterocycles. The van der Waals surface area contributed by atoms with Crippen LogP contribution in [0.3, 0.4) is 0 Å². The predicted molar refractivity (Wildman–Crippen MR) is 178 cm³/mol. The van der Waals surface area contributed by atoms with E-state index in [1.165, 1.54) is 5.56 Å². The zero-order chi connectivity index (χ0) is 32.5. The van der Waals surface area contributed by atoms with Gasteiger partial charge in [0.2, 0.25) is 11.5 Å². The second kappa shape index (κ2) is 13.0. The van der Waals surface area contributed by atoms with Crippen LogP contribution in [0.1, 0.15) is 57.6 Å². The number of hydrogen-bond acceptors (Lipinski definition) is 7. The van der Waals surface area contributed by atoms with Crippen molar-refractivity contribution in [2.24, 2.45) is 0 Å². The number of aromatic amines is 2. The minimum Gasteiger partial charge on any atom is -0.488 e. The topological polar surface area (TPSA) is 134 Å². The fraction of sp³-hybridized carbons (Fsp3) is 0.424. The Balaban J connectivity index is 1.47. The number of urea groups is 1. The van der Waals surface area contributed by atoms with Crippen molar-refractivity contribution in [2.75, 3.05) is 37.8 Å². The van der Waals surface area contributed by atoms with E-state index in [4.69, 9.17) is 9.72 Å². The van der Waals surface area contributed by atoms with Gasteiger partial charge in [0, 0.05) is 33.4 Å². The average molecular weight is 635 g/mol. The number of anilines is 4. The van der Waals surface area contributed by atoms with E-state index in [0.717, 1.165) is 35.1 Å². The number of carbonyl (C=O) groups is 1. The number of hydrogen-bond donors (Lipinski definition) is 3. The first kappa shape index (κ1) is 32.1. The number of para-hydroxylation sites is 1. The van der Waals surface area contributed by atoms with Crippen LogP contribution in [0.5, 0.6) is 5.75 Å². The van der Waals surface area contributed by atoms with Crippen LogP contribution in [-0.2, 0) is 9.84 Å². The van der Waals surface area contributed by atoms with Gasteiger partial charge in [-0.15, -0.1) is 0 Å². The Bertz CT molecular complexity index is 1790. The van der Waals surface area contributed by atoms with Crippen LogP contribution < -0.4 is 20.4 Å². The van der Waals surface area contributed by atoms with Crippen LogP contribution in [0.25, 0.3) is 11.0 Å². The summed E-state index contributed by atoms with van der Waals surface area (Å²) in [6.07, 6.45) is 3.52. The van der Waals surface area contributed by atoms with Crippen LogP contribution in [0.15, 0.2) is 53.6 Å². The van der Waals surface area contributed by atoms with Crippen LogP contribution in [0, 0.1) is 6.92 Å². The molecule has 2 aromatic carbocycles. The van der Waals surface area contributed by atoms with E-state index >= 15 is 0 Å². The fourth-order valence-electron chi connectivity index (χ4n) is 5.73. The van der Waals surface area contributed by atoms with Gasteiger partial charge in [-0.3, -0.25) is 10.3 Å². The first-order valence-corrected chi connectivity index (χ1v) is 16.9. The van der Waals surface area contributed by atoms with Crippen molar-refractivity contribution in [2.45, 2.75) is 69.6 Å². The molecule has 0 radical (unpaired) electrons. The third-order valence-electron chi connectivity index (χ3n) is 8.11. The number of nitrogens with one attached hydrogen (secondary N) is 4. The van der Waals surface area contributed by atoms with Crippen molar-refractivity contribution in [1.29, 1.82) is 0 Å². The van der Waals surface area contributed by atoms with Gasteiger partial charge in [0.15, 0.2) is 15.6 Å². The molecule has 12 heteroatoms. The number of aryl methyl sites for hydroxylation is 1. The molecule has 4 N–H and O–H groups in total. The Morgan fingerprint density at radius 2 is 1.78 bits per heavy atom. The number of sulfone groups is 1. The summed E-state index contributed by atoms with van der Waals surface area (Å²) in [5.74, 6) is 1.98. The minimum absolute atomic E-state index is 0.0511. The normalized spacial score (nSPS) is 14.3. The highest BCUT2D eigenvalue weighted by Gasteiger charge is 2.28. The van der Waals surface area contributed by atoms with Gasteiger partial charge in [0.25, 0.3) is 0 Å². The van der Waals surface area contributed by atoms with Gasteiger partial charge in [0.05, 0.1) is 27.3 Å². The third-order valence-corrected chi connectivity index (χ3v) is 10.3. The first-order chi connectivity index (χ1) is 21.3. The number of likely N-dealkylation sites (tertiary alicyclic amines) is 1. The molecule has 11 nitrogen and oxygen atoms in total. The van der Waals surface area contributed by atoms with Gasteiger partial charge < -0.3 is 19.9 Å². The maximum atomic E-state index is 13.1. The monoisotopic (exact) mass is 634 g/mol. The lowest BCUT2D eigenvalue weighted by Gasteiger charge is -2.34. The van der Waals surface area contributed by atoms with E-state index < -0.39 is 15.1 Å². The second-order valence-electron chi connectivity index (χ2n) is 12.4. The van der Waals surface area contributed by atoms with Gasteiger partial charge in [0.1, 0.15) is 5.69 Å². The summed E-state index contributed by atoms with van der Waals surface area (Å²) in [6, 6.07) is 13.0. The second-order valence-corrected chi connectivity index (χ2v) is 14.8. The summed E-state index contributed by atoms with van der Waals surface area (Å²) >= 11 is 0. The molecule has 0 saturated carbocycles. The summed E-state index contributed by atoms with van der Waals surface area (Å²) in [5, 5.41) is 6.92. The standard InChI is InChI=1S/C33H43N7O4S/c1-20(2)44-28-19-25(23-13-16-40(17-14-23)33(41)39(6)7)22(5)18-27(28)36-32-37-30-24(12-15-34-30)31(38-32)35-26-10-8-9-11-29(26)45(42,43)21(3)4/h8-12,15,18-21,23H,13-14,16-17H2,1-7H3,(H3,34,35,36,37,38)/p+1. The Morgan fingerprint density at radius 1 is 1.07 bits per heavy atom. The molecule has 45 heavy (non-hydrogen) atoms. The molecule has 2 aromatic heterocycles. The van der Waals surface area contributed by atoms with Crippen LogP contribution in [0.4, 0.5) is 27.9 Å². The van der Waals surface area contributed by atoms with Gasteiger partial charge in [-0.1, -0.05) is 17.1 Å². The van der Waals surface area contributed by atoms with Crippen LogP contribution >= 0.6 is 0 Å². The lowest BCUT2D eigenvalue weighted by molar-refractivity contribution is -0.333. The van der Waals surface area contributed by atoms with Gasteiger partial charge >= 0.3 is 12.0 Å². The summed E-state index contributed by atoms with van der Waals surface area (Å²) in [7, 11) is 0.0408. The SMILES string of the molecule is Cc1cc(Nc2nc(Nc3ccccc3S(=O)(=O)C(C)C)c3cc[nH]c3[nH+]2)c(OC(C)C)cc1C1CCN(C(=O)N(C)C)CC1. The number of nitrogens with zero attached hydrogens (tertiary/aromatic N) is 3. The molecule has 2 amide bonds. The summed E-state index contributed by atoms with van der Waals surface area (Å²) in [6.45, 7) is 10.9. The zero-order valence-corrected chi connectivity index (χ0v) is 27.9. The number of amides is 2. The summed E-state index contributed by atoms with van der Waals surface area (Å²) in [4.78, 5) is 27.6. The highest BCUT2D eigenvalue weighted by molar-refractivity contribution is 7.92. The van der Waals surface area contributed by atoms with Crippen molar-refractivity contribution >= 4 is 50.0 Å².